The van der Waals surface area contributed by atoms with Gasteiger partial charge in [-0.25, -0.2) is 8.42 Å². The molecule has 40 heavy (non-hydrogen) atoms. The van der Waals surface area contributed by atoms with Crippen LogP contribution in [0.4, 0.5) is 5.69 Å². The van der Waals surface area contributed by atoms with Gasteiger partial charge in [0.05, 0.1) is 17.2 Å². The quantitative estimate of drug-likeness (QED) is 0.299. The van der Waals surface area contributed by atoms with Gasteiger partial charge in [0.2, 0.25) is 11.8 Å². The third kappa shape index (κ3) is 7.63. The van der Waals surface area contributed by atoms with E-state index >= 15 is 0 Å². The molecule has 0 unspecified atom stereocenters. The van der Waals surface area contributed by atoms with Gasteiger partial charge in [-0.2, -0.15) is 0 Å². The van der Waals surface area contributed by atoms with E-state index in [1.807, 2.05) is 58.0 Å². The lowest BCUT2D eigenvalue weighted by Gasteiger charge is -2.33. The molecule has 3 rings (SSSR count). The Hall–Kier alpha value is -3.85. The molecule has 0 radical (unpaired) electrons. The molecule has 0 spiro atoms. The maximum atomic E-state index is 14.1. The van der Waals surface area contributed by atoms with Crippen LogP contribution in [0.1, 0.15) is 44.7 Å². The molecule has 3 aromatic carbocycles. The van der Waals surface area contributed by atoms with Crippen LogP contribution in [0.3, 0.4) is 0 Å². The lowest BCUT2D eigenvalue weighted by molar-refractivity contribution is -0.140. The van der Waals surface area contributed by atoms with E-state index in [-0.39, 0.29) is 23.0 Å². The van der Waals surface area contributed by atoms with Crippen LogP contribution in [0, 0.1) is 6.92 Å². The Balaban J connectivity index is 2.09. The molecular weight excluding hydrogens is 526 g/mol. The van der Waals surface area contributed by atoms with E-state index < -0.39 is 28.5 Å². The number of carbonyl (C=O) groups excluding carboxylic acids is 2. The van der Waals surface area contributed by atoms with E-state index in [1.54, 1.807) is 36.4 Å². The maximum Gasteiger partial charge on any atom is 0.264 e. The molecule has 2 amide bonds. The van der Waals surface area contributed by atoms with Crippen molar-refractivity contribution in [3.8, 4) is 5.75 Å². The van der Waals surface area contributed by atoms with Gasteiger partial charge in [-0.3, -0.25) is 13.9 Å². The van der Waals surface area contributed by atoms with E-state index in [0.717, 1.165) is 21.9 Å². The van der Waals surface area contributed by atoms with Gasteiger partial charge in [-0.05, 0) is 56.5 Å². The molecule has 0 aliphatic heterocycles. The van der Waals surface area contributed by atoms with Crippen LogP contribution < -0.4 is 14.4 Å². The fourth-order valence-electron chi connectivity index (χ4n) is 4.36. The fourth-order valence-corrected chi connectivity index (χ4v) is 5.78. The number of benzene rings is 3. The highest BCUT2D eigenvalue weighted by Gasteiger charge is 2.34. The highest BCUT2D eigenvalue weighted by molar-refractivity contribution is 7.92. The molecule has 9 heteroatoms. The molecule has 0 aliphatic carbocycles. The fraction of sp³-hybridized carbons (Fsp3) is 0.355. The molecule has 1 atom stereocenters. The van der Waals surface area contributed by atoms with Crippen molar-refractivity contribution in [3.63, 3.8) is 0 Å². The Morgan fingerprint density at radius 1 is 0.900 bits per heavy atom. The SMILES string of the molecule is CCCNC(=O)[C@H](CC)N(Cc1ccccc1)C(=O)CN(c1ccccc1OCC)S(=O)(=O)c1ccc(C)cc1. The lowest BCUT2D eigenvalue weighted by atomic mass is 10.1. The van der Waals surface area contributed by atoms with Crippen LogP contribution in [0.25, 0.3) is 0 Å². The number of nitrogens with zero attached hydrogens (tertiary/aromatic N) is 2. The van der Waals surface area contributed by atoms with Crippen LogP contribution in [-0.2, 0) is 26.2 Å². The molecule has 3 aromatic rings. The number of sulfonamides is 1. The Morgan fingerprint density at radius 3 is 2.17 bits per heavy atom. The third-order valence-corrected chi connectivity index (χ3v) is 8.23. The van der Waals surface area contributed by atoms with Crippen LogP contribution in [0.2, 0.25) is 0 Å². The van der Waals surface area contributed by atoms with Crippen LogP contribution in [0.15, 0.2) is 83.8 Å². The number of aryl methyl sites for hydroxylation is 1. The van der Waals surface area contributed by atoms with Crippen molar-refractivity contribution in [2.75, 3.05) is 24.0 Å². The lowest BCUT2D eigenvalue weighted by Crippen LogP contribution is -2.52. The number of rotatable bonds is 14. The first-order chi connectivity index (χ1) is 19.2. The molecule has 8 nitrogen and oxygen atoms in total. The summed E-state index contributed by atoms with van der Waals surface area (Å²) in [5, 5.41) is 2.89. The molecule has 0 saturated carbocycles. The zero-order valence-electron chi connectivity index (χ0n) is 23.7. The Labute approximate surface area is 238 Å². The average molecular weight is 566 g/mol. The molecule has 214 valence electrons. The zero-order chi connectivity index (χ0) is 29.1. The van der Waals surface area contributed by atoms with Crippen LogP contribution in [-0.4, -0.2) is 50.9 Å². The molecule has 0 fully saturated rings. The molecule has 0 aromatic heterocycles. The first kappa shape index (κ1) is 30.7. The van der Waals surface area contributed by atoms with E-state index in [2.05, 4.69) is 5.32 Å². The summed E-state index contributed by atoms with van der Waals surface area (Å²) in [7, 11) is -4.17. The minimum atomic E-state index is -4.17. The number of nitrogens with one attached hydrogen (secondary N) is 1. The topological polar surface area (TPSA) is 96.0 Å². The Bertz CT molecular complexity index is 1360. The van der Waals surface area contributed by atoms with Crippen LogP contribution in [0.5, 0.6) is 5.75 Å². The summed E-state index contributed by atoms with van der Waals surface area (Å²) < 4.78 is 34.9. The first-order valence-corrected chi connectivity index (χ1v) is 15.1. The van der Waals surface area contributed by atoms with Gasteiger partial charge in [0.15, 0.2) is 0 Å². The Kier molecular flexibility index (Phi) is 11.1. The first-order valence-electron chi connectivity index (χ1n) is 13.6. The molecule has 0 saturated heterocycles. The summed E-state index contributed by atoms with van der Waals surface area (Å²) in [6, 6.07) is 21.8. The van der Waals surface area contributed by atoms with Crippen molar-refractivity contribution in [3.05, 3.63) is 90.0 Å². The van der Waals surface area contributed by atoms with Gasteiger partial charge in [-0.1, -0.05) is 74.0 Å². The molecule has 1 N–H and O–H groups in total. The molecule has 0 heterocycles. The van der Waals surface area contributed by atoms with Gasteiger partial charge in [0, 0.05) is 13.1 Å². The standard InChI is InChI=1S/C31H39N3O5S/c1-5-21-32-31(36)27(6-2)33(22-25-13-9-8-10-14-25)30(35)23-34(28-15-11-12-16-29(28)39-7-3)40(37,38)26-19-17-24(4)18-20-26/h8-20,27H,5-7,21-23H2,1-4H3,(H,32,36)/t27-/m0/s1. The second-order valence-corrected chi connectivity index (χ2v) is 11.3. The number of hydrogen-bond donors (Lipinski definition) is 1. The molecule has 0 bridgehead atoms. The molecule has 0 aliphatic rings. The van der Waals surface area contributed by atoms with Crippen molar-refractivity contribution in [2.45, 2.75) is 58.0 Å². The van der Waals surface area contributed by atoms with Crippen molar-refractivity contribution >= 4 is 27.5 Å². The minimum Gasteiger partial charge on any atom is -0.492 e. The van der Waals surface area contributed by atoms with Crippen molar-refractivity contribution in [1.82, 2.24) is 10.2 Å². The summed E-state index contributed by atoms with van der Waals surface area (Å²) in [6.45, 7) is 7.93. The molecular formula is C31H39N3O5S. The minimum absolute atomic E-state index is 0.0551. The predicted molar refractivity (Wildman–Crippen MR) is 158 cm³/mol. The van der Waals surface area contributed by atoms with Gasteiger partial charge in [0.25, 0.3) is 10.0 Å². The monoisotopic (exact) mass is 565 g/mol. The highest BCUT2D eigenvalue weighted by atomic mass is 32.2. The largest absolute Gasteiger partial charge is 0.492 e. The van der Waals surface area contributed by atoms with Gasteiger partial charge in [-0.15, -0.1) is 0 Å². The van der Waals surface area contributed by atoms with Crippen molar-refractivity contribution in [1.29, 1.82) is 0 Å². The van der Waals surface area contributed by atoms with E-state index in [4.69, 9.17) is 4.74 Å². The number of para-hydroxylation sites is 2. The summed E-state index contributed by atoms with van der Waals surface area (Å²) in [6.07, 6.45) is 1.12. The van der Waals surface area contributed by atoms with Crippen molar-refractivity contribution in [2.24, 2.45) is 0 Å². The van der Waals surface area contributed by atoms with Gasteiger partial charge < -0.3 is 15.0 Å². The predicted octanol–water partition coefficient (Wildman–Crippen LogP) is 4.92. The number of amides is 2. The second-order valence-electron chi connectivity index (χ2n) is 9.45. The summed E-state index contributed by atoms with van der Waals surface area (Å²) in [5.74, 6) is -0.420. The number of anilines is 1. The number of ether oxygens (including phenoxy) is 1. The van der Waals surface area contributed by atoms with Crippen LogP contribution >= 0.6 is 0 Å². The van der Waals surface area contributed by atoms with Gasteiger partial charge in [0.1, 0.15) is 18.3 Å². The maximum absolute atomic E-state index is 14.1. The third-order valence-electron chi connectivity index (χ3n) is 6.45. The zero-order valence-corrected chi connectivity index (χ0v) is 24.5. The van der Waals surface area contributed by atoms with E-state index in [9.17, 15) is 18.0 Å². The van der Waals surface area contributed by atoms with E-state index in [1.165, 1.54) is 17.0 Å². The van der Waals surface area contributed by atoms with Gasteiger partial charge >= 0.3 is 0 Å². The summed E-state index contributed by atoms with van der Waals surface area (Å²) in [5.41, 5.74) is 2.00. The highest BCUT2D eigenvalue weighted by Crippen LogP contribution is 2.33. The second kappa shape index (κ2) is 14.5. The smallest absolute Gasteiger partial charge is 0.264 e. The Morgan fingerprint density at radius 2 is 1.55 bits per heavy atom. The number of hydrogen-bond acceptors (Lipinski definition) is 5. The normalized spacial score (nSPS) is 11.9. The average Bonchev–Trinajstić information content (AvgIpc) is 2.96. The van der Waals surface area contributed by atoms with Crippen molar-refractivity contribution < 1.29 is 22.7 Å². The number of carbonyl (C=O) groups is 2. The summed E-state index contributed by atoms with van der Waals surface area (Å²) in [4.78, 5) is 28.8. The van der Waals surface area contributed by atoms with E-state index in [0.29, 0.717) is 25.3 Å². The summed E-state index contributed by atoms with van der Waals surface area (Å²) >= 11 is 0.